The van der Waals surface area contributed by atoms with Crippen molar-refractivity contribution in [1.82, 2.24) is 10.6 Å². The Labute approximate surface area is 115 Å². The number of hydrogen-bond donors (Lipinski definition) is 2. The van der Waals surface area contributed by atoms with Gasteiger partial charge in [0.1, 0.15) is 0 Å². The van der Waals surface area contributed by atoms with E-state index in [0.29, 0.717) is 6.04 Å². The molecule has 0 bridgehead atoms. The third-order valence-electron chi connectivity index (χ3n) is 2.96. The van der Waals surface area contributed by atoms with Crippen molar-refractivity contribution in [3.05, 3.63) is 0 Å². The van der Waals surface area contributed by atoms with Crippen LogP contribution in [0.25, 0.3) is 0 Å². The van der Waals surface area contributed by atoms with E-state index in [0.717, 1.165) is 43.9 Å². The summed E-state index contributed by atoms with van der Waals surface area (Å²) in [4.78, 5) is 11.9. The summed E-state index contributed by atoms with van der Waals surface area (Å²) in [7, 11) is 0. The van der Waals surface area contributed by atoms with Crippen molar-refractivity contribution >= 4 is 30.1 Å². The van der Waals surface area contributed by atoms with Gasteiger partial charge in [-0.1, -0.05) is 6.92 Å². The zero-order valence-electron chi connectivity index (χ0n) is 10.8. The Balaban J connectivity index is 0.00000256. The minimum absolute atomic E-state index is 0. The summed E-state index contributed by atoms with van der Waals surface area (Å²) < 4.78 is 0. The van der Waals surface area contributed by atoms with Gasteiger partial charge in [-0.15, -0.1) is 12.4 Å². The number of carbonyl (C=O) groups is 1. The molecule has 1 heterocycles. The zero-order chi connectivity index (χ0) is 11.8. The molecule has 2 N–H and O–H groups in total. The number of rotatable bonds is 6. The second-order valence-corrected chi connectivity index (χ2v) is 5.83. The van der Waals surface area contributed by atoms with Crippen LogP contribution in [-0.2, 0) is 4.79 Å². The maximum atomic E-state index is 11.9. The van der Waals surface area contributed by atoms with Crippen LogP contribution >= 0.6 is 24.2 Å². The van der Waals surface area contributed by atoms with Crippen molar-refractivity contribution in [2.45, 2.75) is 39.2 Å². The molecule has 5 heteroatoms. The van der Waals surface area contributed by atoms with E-state index < -0.39 is 0 Å². The molecule has 1 aliphatic heterocycles. The van der Waals surface area contributed by atoms with E-state index in [9.17, 15) is 4.79 Å². The van der Waals surface area contributed by atoms with Gasteiger partial charge in [0.05, 0.1) is 5.92 Å². The van der Waals surface area contributed by atoms with E-state index in [4.69, 9.17) is 0 Å². The molecule has 2 atom stereocenters. The lowest BCUT2D eigenvalue weighted by Crippen LogP contribution is -2.43. The lowest BCUT2D eigenvalue weighted by atomic mass is 9.98. The second-order valence-electron chi connectivity index (χ2n) is 4.44. The van der Waals surface area contributed by atoms with E-state index >= 15 is 0 Å². The zero-order valence-corrected chi connectivity index (χ0v) is 12.5. The Bertz CT molecular complexity index is 211. The highest BCUT2D eigenvalue weighted by Gasteiger charge is 2.21. The first-order valence-corrected chi connectivity index (χ1v) is 7.48. The Morgan fingerprint density at radius 2 is 2.35 bits per heavy atom. The largest absolute Gasteiger partial charge is 0.353 e. The van der Waals surface area contributed by atoms with Gasteiger partial charge in [-0.3, -0.25) is 4.79 Å². The second kappa shape index (κ2) is 10.0. The average Bonchev–Trinajstić information content (AvgIpc) is 2.30. The van der Waals surface area contributed by atoms with Crippen molar-refractivity contribution in [2.24, 2.45) is 5.92 Å². The van der Waals surface area contributed by atoms with Gasteiger partial charge in [0, 0.05) is 12.6 Å². The SMILES string of the molecule is CCSCCC(C)NC(=O)C1CCCNC1.Cl. The molecule has 0 aromatic carbocycles. The molecule has 2 unspecified atom stereocenters. The van der Waals surface area contributed by atoms with E-state index in [1.54, 1.807) is 0 Å². The Morgan fingerprint density at radius 1 is 1.59 bits per heavy atom. The highest BCUT2D eigenvalue weighted by atomic mass is 35.5. The number of amides is 1. The lowest BCUT2D eigenvalue weighted by molar-refractivity contribution is -0.126. The molecule has 3 nitrogen and oxygen atoms in total. The molecule has 1 saturated heterocycles. The summed E-state index contributed by atoms with van der Waals surface area (Å²) >= 11 is 1.94. The van der Waals surface area contributed by atoms with Crippen LogP contribution in [0.1, 0.15) is 33.1 Å². The summed E-state index contributed by atoms with van der Waals surface area (Å²) in [6, 6.07) is 0.313. The van der Waals surface area contributed by atoms with Crippen LogP contribution in [0.2, 0.25) is 0 Å². The monoisotopic (exact) mass is 280 g/mol. The normalized spacial score (nSPS) is 21.4. The number of thioether (sulfide) groups is 1. The number of hydrogen-bond acceptors (Lipinski definition) is 3. The fourth-order valence-electron chi connectivity index (χ4n) is 1.91. The number of nitrogens with one attached hydrogen (secondary N) is 2. The average molecular weight is 281 g/mol. The van der Waals surface area contributed by atoms with Crippen molar-refractivity contribution in [3.8, 4) is 0 Å². The van der Waals surface area contributed by atoms with Gasteiger partial charge in [0.2, 0.25) is 5.91 Å². The molecule has 102 valence electrons. The van der Waals surface area contributed by atoms with Gasteiger partial charge >= 0.3 is 0 Å². The number of carbonyl (C=O) groups excluding carboxylic acids is 1. The highest BCUT2D eigenvalue weighted by molar-refractivity contribution is 7.99. The molecule has 1 rings (SSSR count). The summed E-state index contributed by atoms with van der Waals surface area (Å²) in [5.74, 6) is 2.73. The van der Waals surface area contributed by atoms with Gasteiger partial charge in [0.15, 0.2) is 0 Å². The fraction of sp³-hybridized carbons (Fsp3) is 0.917. The summed E-state index contributed by atoms with van der Waals surface area (Å²) in [6.45, 7) is 6.18. The molecule has 17 heavy (non-hydrogen) atoms. The maximum Gasteiger partial charge on any atom is 0.224 e. The van der Waals surface area contributed by atoms with Crippen molar-refractivity contribution in [1.29, 1.82) is 0 Å². The first kappa shape index (κ1) is 17.1. The van der Waals surface area contributed by atoms with E-state index in [1.807, 2.05) is 11.8 Å². The molecule has 0 saturated carbocycles. The predicted octanol–water partition coefficient (Wildman–Crippen LogP) is 2.06. The molecular formula is C12H25ClN2OS. The fourth-order valence-corrected chi connectivity index (χ4v) is 2.72. The molecule has 1 amide bonds. The summed E-state index contributed by atoms with van der Waals surface area (Å²) in [5, 5.41) is 6.39. The molecular weight excluding hydrogens is 256 g/mol. The molecule has 0 aromatic heterocycles. The van der Waals surface area contributed by atoms with Crippen LogP contribution in [-0.4, -0.2) is 36.5 Å². The van der Waals surface area contributed by atoms with Crippen LogP contribution < -0.4 is 10.6 Å². The van der Waals surface area contributed by atoms with Crippen LogP contribution in [0.5, 0.6) is 0 Å². The van der Waals surface area contributed by atoms with E-state index in [-0.39, 0.29) is 24.2 Å². The summed E-state index contributed by atoms with van der Waals surface area (Å²) in [5.41, 5.74) is 0. The quantitative estimate of drug-likeness (QED) is 0.732. The lowest BCUT2D eigenvalue weighted by Gasteiger charge is -2.24. The standard InChI is InChI=1S/C12H24N2OS.ClH/c1-3-16-8-6-10(2)14-12(15)11-5-4-7-13-9-11;/h10-11,13H,3-9H2,1-2H3,(H,14,15);1H. The third-order valence-corrected chi connectivity index (χ3v) is 3.89. The minimum atomic E-state index is 0. The Morgan fingerprint density at radius 3 is 2.94 bits per heavy atom. The highest BCUT2D eigenvalue weighted by Crippen LogP contribution is 2.11. The van der Waals surface area contributed by atoms with E-state index in [2.05, 4.69) is 24.5 Å². The smallest absolute Gasteiger partial charge is 0.224 e. The Hall–Kier alpha value is 0.0700. The molecule has 0 radical (unpaired) electrons. The van der Waals surface area contributed by atoms with Crippen LogP contribution in [0, 0.1) is 5.92 Å². The molecule has 1 aliphatic rings. The van der Waals surface area contributed by atoms with Crippen molar-refractivity contribution in [3.63, 3.8) is 0 Å². The first-order valence-electron chi connectivity index (χ1n) is 6.33. The molecule has 1 fully saturated rings. The molecule has 0 spiro atoms. The van der Waals surface area contributed by atoms with Gasteiger partial charge < -0.3 is 10.6 Å². The van der Waals surface area contributed by atoms with Gasteiger partial charge in [-0.05, 0) is 44.2 Å². The van der Waals surface area contributed by atoms with E-state index in [1.165, 1.54) is 0 Å². The maximum absolute atomic E-state index is 11.9. The third kappa shape index (κ3) is 7.17. The molecule has 0 aromatic rings. The first-order chi connectivity index (χ1) is 7.74. The topological polar surface area (TPSA) is 41.1 Å². The van der Waals surface area contributed by atoms with Crippen molar-refractivity contribution in [2.75, 3.05) is 24.6 Å². The van der Waals surface area contributed by atoms with Gasteiger partial charge in [-0.25, -0.2) is 0 Å². The Kier molecular flexibility index (Phi) is 10.1. The number of piperidine rings is 1. The van der Waals surface area contributed by atoms with Gasteiger partial charge in [0.25, 0.3) is 0 Å². The van der Waals surface area contributed by atoms with Crippen LogP contribution in [0.4, 0.5) is 0 Å². The minimum Gasteiger partial charge on any atom is -0.353 e. The molecule has 0 aliphatic carbocycles. The predicted molar refractivity (Wildman–Crippen MR) is 78.1 cm³/mol. The van der Waals surface area contributed by atoms with Gasteiger partial charge in [-0.2, -0.15) is 11.8 Å². The number of halogens is 1. The van der Waals surface area contributed by atoms with Crippen molar-refractivity contribution < 1.29 is 4.79 Å². The van der Waals surface area contributed by atoms with Crippen LogP contribution in [0.15, 0.2) is 0 Å². The van der Waals surface area contributed by atoms with Crippen LogP contribution in [0.3, 0.4) is 0 Å². The summed E-state index contributed by atoms with van der Waals surface area (Å²) in [6.07, 6.45) is 3.23.